The lowest BCUT2D eigenvalue weighted by atomic mass is 10.6. The van der Waals surface area contributed by atoms with Crippen LogP contribution in [-0.4, -0.2) is 23.3 Å². The first kappa shape index (κ1) is 6.74. The summed E-state index contributed by atoms with van der Waals surface area (Å²) in [6.07, 6.45) is 2.03. The van der Waals surface area contributed by atoms with Gasteiger partial charge in [0.15, 0.2) is 6.34 Å². The molecule has 5 heteroatoms. The fourth-order valence-corrected chi connectivity index (χ4v) is 0.595. The van der Waals surface area contributed by atoms with Crippen molar-refractivity contribution >= 4 is 17.9 Å². The lowest BCUT2D eigenvalue weighted by molar-refractivity contribution is 0.0448. The number of alkyl halides is 3. The molecule has 0 aliphatic carbocycles. The molecule has 2 nitrogen and oxygen atoms in total. The number of nitrogens with zero attached hydrogens (tertiary/aromatic N) is 2. The van der Waals surface area contributed by atoms with Gasteiger partial charge in [0.2, 0.25) is 0 Å². The topological polar surface area (TPSA) is 15.6 Å². The van der Waals surface area contributed by atoms with Gasteiger partial charge in [-0.2, -0.15) is 8.78 Å². The Morgan fingerprint density at radius 3 is 2.67 bits per heavy atom. The molecule has 0 aromatic heterocycles. The lowest BCUT2D eigenvalue weighted by Crippen LogP contribution is -2.22. The molecule has 0 amide bonds. The Morgan fingerprint density at radius 2 is 2.44 bits per heavy atom. The maximum Gasteiger partial charge on any atom is 0.316 e. The highest BCUT2D eigenvalue weighted by Gasteiger charge is 2.22. The normalized spacial score (nSPS) is 26.2. The Labute approximate surface area is 56.1 Å². The first-order valence-corrected chi connectivity index (χ1v) is 2.65. The van der Waals surface area contributed by atoms with Gasteiger partial charge in [-0.1, -0.05) is 11.6 Å². The summed E-state index contributed by atoms with van der Waals surface area (Å²) in [6.45, 7) is -1.50. The van der Waals surface area contributed by atoms with E-state index < -0.39 is 12.1 Å². The Morgan fingerprint density at radius 1 is 1.78 bits per heavy atom. The first-order chi connectivity index (χ1) is 4.20. The fourth-order valence-electron chi connectivity index (χ4n) is 0.430. The largest absolute Gasteiger partial charge is 0.316 e. The minimum Gasteiger partial charge on any atom is -0.289 e. The van der Waals surface area contributed by atoms with Gasteiger partial charge in [-0.3, -0.25) is 4.90 Å². The third-order valence-electron chi connectivity index (χ3n) is 0.790. The van der Waals surface area contributed by atoms with E-state index in [-0.39, 0.29) is 0 Å². The average Bonchev–Trinajstić information content (AvgIpc) is 2.14. The van der Waals surface area contributed by atoms with E-state index in [1.807, 2.05) is 6.34 Å². The Bertz CT molecular complexity index is 128. The van der Waals surface area contributed by atoms with E-state index in [4.69, 9.17) is 11.6 Å². The maximum absolute atomic E-state index is 11.6. The van der Waals surface area contributed by atoms with Crippen molar-refractivity contribution in [2.75, 3.05) is 0 Å². The van der Waals surface area contributed by atoms with Gasteiger partial charge in [0.05, 0.1) is 6.54 Å². The molecule has 0 bridgehead atoms. The van der Waals surface area contributed by atoms with Crippen LogP contribution in [0.3, 0.4) is 0 Å². The highest BCUT2D eigenvalue weighted by atomic mass is 35.5. The summed E-state index contributed by atoms with van der Waals surface area (Å²) >= 11 is 5.29. The predicted octanol–water partition coefficient (Wildman–Crippen LogP) is 1.16. The van der Waals surface area contributed by atoms with E-state index in [1.54, 1.807) is 0 Å². The number of rotatable bonds is 1. The molecule has 1 heterocycles. The molecular formula is C4H3ClF2N2. The van der Waals surface area contributed by atoms with Crippen LogP contribution in [0.4, 0.5) is 8.78 Å². The SMILES string of the molecule is FC(F)N1[C]=NC(Cl)[CH]1. The first-order valence-electron chi connectivity index (χ1n) is 2.21. The van der Waals surface area contributed by atoms with Crippen molar-refractivity contribution in [1.29, 1.82) is 0 Å². The molecule has 1 unspecified atom stereocenters. The molecule has 0 fully saturated rings. The Balaban J connectivity index is 2.41. The predicted molar refractivity (Wildman–Crippen MR) is 29.2 cm³/mol. The highest BCUT2D eigenvalue weighted by Crippen LogP contribution is 2.15. The van der Waals surface area contributed by atoms with Gasteiger partial charge in [-0.15, -0.1) is 0 Å². The van der Waals surface area contributed by atoms with E-state index in [2.05, 4.69) is 4.99 Å². The van der Waals surface area contributed by atoms with E-state index in [1.165, 1.54) is 0 Å². The quantitative estimate of drug-likeness (QED) is 0.407. The molecule has 0 N–H and O–H groups in total. The summed E-state index contributed by atoms with van der Waals surface area (Å²) in [5.41, 5.74) is -0.681. The van der Waals surface area contributed by atoms with Crippen LogP contribution in [0.2, 0.25) is 0 Å². The molecule has 1 aliphatic rings. The van der Waals surface area contributed by atoms with Crippen molar-refractivity contribution in [2.24, 2.45) is 4.99 Å². The summed E-state index contributed by atoms with van der Waals surface area (Å²) in [6, 6.07) is 0. The van der Waals surface area contributed by atoms with Gasteiger partial charge in [-0.25, -0.2) is 4.99 Å². The second-order valence-corrected chi connectivity index (χ2v) is 1.88. The molecule has 2 radical (unpaired) electrons. The maximum atomic E-state index is 11.6. The molecule has 1 rings (SSSR count). The molecule has 0 aromatic carbocycles. The van der Waals surface area contributed by atoms with Gasteiger partial charge in [0.25, 0.3) is 0 Å². The molecule has 1 atom stereocenters. The molecule has 50 valence electrons. The van der Waals surface area contributed by atoms with Crippen LogP contribution in [0, 0.1) is 6.54 Å². The minimum absolute atomic E-state index is 0.539. The van der Waals surface area contributed by atoms with Crippen molar-refractivity contribution in [1.82, 2.24) is 4.90 Å². The molecular weight excluding hydrogens is 150 g/mol. The Kier molecular flexibility index (Phi) is 1.85. The van der Waals surface area contributed by atoms with Crippen LogP contribution in [-0.2, 0) is 0 Å². The standard InChI is InChI=1S/C4H3ClF2N2/c5-3-1-9(2-8-3)4(6)7/h1,3-4H. The third-order valence-corrected chi connectivity index (χ3v) is 1.00. The Hall–Kier alpha value is -0.380. The van der Waals surface area contributed by atoms with Crippen LogP contribution in [0.15, 0.2) is 4.99 Å². The fraction of sp³-hybridized carbons (Fsp3) is 0.500. The smallest absolute Gasteiger partial charge is 0.289 e. The van der Waals surface area contributed by atoms with E-state index in [0.717, 1.165) is 6.54 Å². The lowest BCUT2D eigenvalue weighted by Gasteiger charge is -2.09. The van der Waals surface area contributed by atoms with Gasteiger partial charge in [-0.05, 0) is 0 Å². The zero-order valence-corrected chi connectivity index (χ0v) is 5.02. The van der Waals surface area contributed by atoms with Crippen molar-refractivity contribution in [3.05, 3.63) is 6.54 Å². The number of halogens is 3. The zero-order valence-electron chi connectivity index (χ0n) is 4.26. The number of hydrogen-bond acceptors (Lipinski definition) is 2. The van der Waals surface area contributed by atoms with E-state index in [9.17, 15) is 8.78 Å². The summed E-state index contributed by atoms with van der Waals surface area (Å²) in [4.78, 5) is 3.88. The molecule has 0 saturated carbocycles. The van der Waals surface area contributed by atoms with E-state index in [0.29, 0.717) is 4.90 Å². The van der Waals surface area contributed by atoms with Crippen LogP contribution >= 0.6 is 11.6 Å². The van der Waals surface area contributed by atoms with Gasteiger partial charge in [0.1, 0.15) is 5.50 Å². The number of aliphatic imine (C=N–C) groups is 1. The van der Waals surface area contributed by atoms with Crippen LogP contribution in [0.5, 0.6) is 0 Å². The minimum atomic E-state index is -2.59. The molecule has 0 aromatic rings. The molecule has 1 aliphatic heterocycles. The zero-order chi connectivity index (χ0) is 6.85. The van der Waals surface area contributed by atoms with Crippen molar-refractivity contribution < 1.29 is 8.78 Å². The van der Waals surface area contributed by atoms with Gasteiger partial charge >= 0.3 is 6.55 Å². The van der Waals surface area contributed by atoms with Crippen LogP contribution < -0.4 is 0 Å². The third kappa shape index (κ3) is 1.51. The van der Waals surface area contributed by atoms with Crippen LogP contribution in [0.25, 0.3) is 0 Å². The van der Waals surface area contributed by atoms with Crippen molar-refractivity contribution in [3.8, 4) is 0 Å². The summed E-state index contributed by atoms with van der Waals surface area (Å²) in [7, 11) is 0. The number of hydrogen-bond donors (Lipinski definition) is 0. The summed E-state index contributed by atoms with van der Waals surface area (Å²) in [5.74, 6) is 0. The van der Waals surface area contributed by atoms with Crippen LogP contribution in [0.1, 0.15) is 0 Å². The van der Waals surface area contributed by atoms with E-state index >= 15 is 0 Å². The van der Waals surface area contributed by atoms with Crippen molar-refractivity contribution in [2.45, 2.75) is 12.1 Å². The molecule has 9 heavy (non-hydrogen) atoms. The second-order valence-electron chi connectivity index (χ2n) is 1.44. The highest BCUT2D eigenvalue weighted by molar-refractivity contribution is 6.22. The molecule has 0 saturated heterocycles. The summed E-state index contributed by atoms with van der Waals surface area (Å²) < 4.78 is 23.3. The summed E-state index contributed by atoms with van der Waals surface area (Å²) in [5, 5.41) is 0. The molecule has 0 spiro atoms. The monoisotopic (exact) mass is 152 g/mol. The van der Waals surface area contributed by atoms with Gasteiger partial charge in [0, 0.05) is 0 Å². The van der Waals surface area contributed by atoms with Gasteiger partial charge < -0.3 is 0 Å². The van der Waals surface area contributed by atoms with Crippen molar-refractivity contribution in [3.63, 3.8) is 0 Å². The average molecular weight is 153 g/mol. The second kappa shape index (κ2) is 2.47.